The summed E-state index contributed by atoms with van der Waals surface area (Å²) >= 11 is 7.51. The largest absolute Gasteiger partial charge is 0.619 e. The third-order valence-electron chi connectivity index (χ3n) is 4.25. The van der Waals surface area contributed by atoms with Crippen molar-refractivity contribution in [2.75, 3.05) is 23.0 Å². The van der Waals surface area contributed by atoms with Crippen LogP contribution in [-0.2, 0) is 4.79 Å². The molecule has 28 heavy (non-hydrogen) atoms. The number of hydrogen-bond acceptors (Lipinski definition) is 4. The van der Waals surface area contributed by atoms with Gasteiger partial charge in [0, 0.05) is 36.3 Å². The van der Waals surface area contributed by atoms with Gasteiger partial charge in [0.15, 0.2) is 11.3 Å². The van der Waals surface area contributed by atoms with E-state index in [1.54, 1.807) is 12.1 Å². The van der Waals surface area contributed by atoms with Crippen LogP contribution < -0.4 is 9.63 Å². The van der Waals surface area contributed by atoms with Gasteiger partial charge in [-0.15, -0.1) is 6.42 Å². The molecule has 0 aromatic carbocycles. The van der Waals surface area contributed by atoms with Crippen LogP contribution in [0.15, 0.2) is 30.7 Å². The maximum atomic E-state index is 12.9. The molecule has 3 rings (SSSR count). The Morgan fingerprint density at radius 3 is 3.00 bits per heavy atom. The Labute approximate surface area is 170 Å². The summed E-state index contributed by atoms with van der Waals surface area (Å²) in [5.74, 6) is -0.258. The fourth-order valence-electron chi connectivity index (χ4n) is 2.60. The number of anilines is 1. The highest BCUT2D eigenvalue weighted by Gasteiger charge is 2.56. The number of alkyl halides is 2. The molecule has 1 fully saturated rings. The van der Waals surface area contributed by atoms with E-state index in [0.29, 0.717) is 27.6 Å². The number of terminal acetylenes is 1. The van der Waals surface area contributed by atoms with Crippen LogP contribution in [0.1, 0.15) is 12.8 Å². The zero-order valence-corrected chi connectivity index (χ0v) is 16.3. The predicted octanol–water partition coefficient (Wildman–Crippen LogP) is 2.90. The summed E-state index contributed by atoms with van der Waals surface area (Å²) in [6.07, 6.45) is 9.60. The molecule has 0 radical (unpaired) electrons. The molecule has 0 bridgehead atoms. The second kappa shape index (κ2) is 8.37. The molecule has 2 aromatic rings. The van der Waals surface area contributed by atoms with Gasteiger partial charge in [-0.2, -0.15) is 21.6 Å². The van der Waals surface area contributed by atoms with Gasteiger partial charge in [0.05, 0.1) is 12.7 Å². The van der Waals surface area contributed by atoms with Crippen LogP contribution in [-0.4, -0.2) is 39.7 Å². The Balaban J connectivity index is 1.66. The number of hydrogen-bond donors (Lipinski definition) is 0. The molecule has 1 saturated carbocycles. The standard InChI is InChI=1S/C18H17ClF2N4O2S/c1-2-6-24(16(26)5-8-28-12-13-9-18(13,20)21)15-11-25(22-17(15)19)14-4-3-7-23(27)10-14/h1,3-4,7,10-11,13H,5-6,8-9,12H2. The third kappa shape index (κ3) is 4.75. The molecule has 1 atom stereocenters. The fraction of sp³-hybridized carbons (Fsp3) is 0.389. The van der Waals surface area contributed by atoms with E-state index in [-0.39, 0.29) is 30.4 Å². The molecule has 148 valence electrons. The van der Waals surface area contributed by atoms with Crippen molar-refractivity contribution in [1.82, 2.24) is 9.78 Å². The number of halogens is 3. The number of rotatable bonds is 8. The van der Waals surface area contributed by atoms with Gasteiger partial charge < -0.3 is 5.21 Å². The molecule has 0 aliphatic heterocycles. The summed E-state index contributed by atoms with van der Waals surface area (Å²) in [6, 6.07) is 3.22. The number of amides is 1. The van der Waals surface area contributed by atoms with Gasteiger partial charge in [0.2, 0.25) is 12.1 Å². The highest BCUT2D eigenvalue weighted by atomic mass is 35.5. The maximum absolute atomic E-state index is 12.9. The summed E-state index contributed by atoms with van der Waals surface area (Å²) in [7, 11) is 0. The van der Waals surface area contributed by atoms with E-state index in [2.05, 4.69) is 11.0 Å². The average molecular weight is 427 g/mol. The Kier molecular flexibility index (Phi) is 6.10. The lowest BCUT2D eigenvalue weighted by atomic mass is 10.3. The average Bonchev–Trinajstić information content (AvgIpc) is 3.07. The lowest BCUT2D eigenvalue weighted by Gasteiger charge is -2.18. The fourth-order valence-corrected chi connectivity index (χ4v) is 3.97. The quantitative estimate of drug-likeness (QED) is 0.282. The third-order valence-corrected chi connectivity index (χ3v) is 5.65. The Morgan fingerprint density at radius 1 is 1.61 bits per heavy atom. The van der Waals surface area contributed by atoms with Gasteiger partial charge in [-0.25, -0.2) is 13.5 Å². The van der Waals surface area contributed by atoms with E-state index >= 15 is 0 Å². The second-order valence-corrected chi connectivity index (χ2v) is 7.85. The predicted molar refractivity (Wildman–Crippen MR) is 104 cm³/mol. The van der Waals surface area contributed by atoms with Gasteiger partial charge >= 0.3 is 0 Å². The van der Waals surface area contributed by atoms with Crippen LogP contribution in [0.25, 0.3) is 5.69 Å². The molecule has 10 heteroatoms. The Bertz CT molecular complexity index is 915. The molecule has 0 saturated heterocycles. The van der Waals surface area contributed by atoms with Crippen molar-refractivity contribution in [1.29, 1.82) is 0 Å². The number of carbonyl (C=O) groups excluding carboxylic acids is 1. The molecule has 2 heterocycles. The van der Waals surface area contributed by atoms with E-state index in [0.717, 1.165) is 0 Å². The monoisotopic (exact) mass is 426 g/mol. The van der Waals surface area contributed by atoms with Gasteiger partial charge in [-0.3, -0.25) is 9.69 Å². The van der Waals surface area contributed by atoms with Crippen molar-refractivity contribution in [3.05, 3.63) is 41.1 Å². The summed E-state index contributed by atoms with van der Waals surface area (Å²) in [5.41, 5.74) is 0.796. The van der Waals surface area contributed by atoms with Gasteiger partial charge in [0.1, 0.15) is 11.4 Å². The first-order chi connectivity index (χ1) is 13.3. The van der Waals surface area contributed by atoms with E-state index in [4.69, 9.17) is 18.0 Å². The number of carbonyl (C=O) groups is 1. The zero-order chi connectivity index (χ0) is 20.3. The lowest BCUT2D eigenvalue weighted by molar-refractivity contribution is -0.605. The minimum atomic E-state index is -2.55. The van der Waals surface area contributed by atoms with E-state index in [9.17, 15) is 18.8 Å². The number of thioether (sulfide) groups is 1. The van der Waals surface area contributed by atoms with Crippen LogP contribution >= 0.6 is 23.4 Å². The first kappa shape index (κ1) is 20.4. The highest BCUT2D eigenvalue weighted by molar-refractivity contribution is 7.99. The number of pyridine rings is 1. The van der Waals surface area contributed by atoms with Crippen molar-refractivity contribution in [3.8, 4) is 18.0 Å². The van der Waals surface area contributed by atoms with E-state index in [1.165, 1.54) is 39.9 Å². The summed E-state index contributed by atoms with van der Waals surface area (Å²) in [6.45, 7) is -0.00798. The van der Waals surface area contributed by atoms with Crippen LogP contribution in [0, 0.1) is 23.5 Å². The second-order valence-electron chi connectivity index (χ2n) is 6.34. The van der Waals surface area contributed by atoms with Gasteiger partial charge in [-0.05, 0) is 6.07 Å². The molecule has 2 aromatic heterocycles. The molecular formula is C18H17ClF2N4O2S. The molecule has 0 N–H and O–H groups in total. The highest BCUT2D eigenvalue weighted by Crippen LogP contribution is 2.50. The molecule has 1 unspecified atom stereocenters. The Hall–Kier alpha value is -2.31. The van der Waals surface area contributed by atoms with Crippen molar-refractivity contribution < 1.29 is 18.3 Å². The smallest absolute Gasteiger partial charge is 0.252 e. The van der Waals surface area contributed by atoms with E-state index in [1.807, 2.05) is 0 Å². The van der Waals surface area contributed by atoms with Crippen molar-refractivity contribution in [2.45, 2.75) is 18.8 Å². The first-order valence-electron chi connectivity index (χ1n) is 8.45. The maximum Gasteiger partial charge on any atom is 0.252 e. The summed E-state index contributed by atoms with van der Waals surface area (Å²) in [4.78, 5) is 13.9. The summed E-state index contributed by atoms with van der Waals surface area (Å²) < 4.78 is 27.8. The SMILES string of the molecule is C#CCN(C(=O)CCSCC1CC1(F)F)c1cn(-c2ccc[n+]([O-])c2)nc1Cl. The molecule has 1 aliphatic rings. The van der Waals surface area contributed by atoms with Gasteiger partial charge in [0.25, 0.3) is 5.92 Å². The Morgan fingerprint density at radius 2 is 2.36 bits per heavy atom. The minimum absolute atomic E-state index is 0.00798. The van der Waals surface area contributed by atoms with Crippen LogP contribution in [0.5, 0.6) is 0 Å². The van der Waals surface area contributed by atoms with Crippen molar-refractivity contribution >= 4 is 35.0 Å². The molecular weight excluding hydrogens is 410 g/mol. The zero-order valence-electron chi connectivity index (χ0n) is 14.7. The van der Waals surface area contributed by atoms with Crippen LogP contribution in [0.2, 0.25) is 5.15 Å². The normalized spacial score (nSPS) is 17.1. The van der Waals surface area contributed by atoms with E-state index < -0.39 is 11.8 Å². The number of nitrogens with zero attached hydrogens (tertiary/aromatic N) is 4. The first-order valence-corrected chi connectivity index (χ1v) is 9.99. The van der Waals surface area contributed by atoms with Crippen LogP contribution in [0.3, 0.4) is 0 Å². The minimum Gasteiger partial charge on any atom is -0.619 e. The molecule has 6 nitrogen and oxygen atoms in total. The number of aromatic nitrogens is 3. The van der Waals surface area contributed by atoms with Crippen molar-refractivity contribution in [2.24, 2.45) is 5.92 Å². The molecule has 0 spiro atoms. The van der Waals surface area contributed by atoms with Gasteiger partial charge in [-0.1, -0.05) is 17.5 Å². The topological polar surface area (TPSA) is 65.1 Å². The van der Waals surface area contributed by atoms with Crippen molar-refractivity contribution in [3.63, 3.8) is 0 Å². The lowest BCUT2D eigenvalue weighted by Crippen LogP contribution is -2.31. The van der Waals surface area contributed by atoms with Crippen LogP contribution in [0.4, 0.5) is 14.5 Å². The molecule has 1 amide bonds. The molecule has 1 aliphatic carbocycles. The summed E-state index contributed by atoms with van der Waals surface area (Å²) in [5, 5.41) is 15.6.